The summed E-state index contributed by atoms with van der Waals surface area (Å²) in [5, 5.41) is 18.6. The van der Waals surface area contributed by atoms with E-state index in [4.69, 9.17) is 4.55 Å². The van der Waals surface area contributed by atoms with Crippen LogP contribution in [0, 0.1) is 0 Å². The Balaban J connectivity index is 1.58. The van der Waals surface area contributed by atoms with Crippen molar-refractivity contribution in [2.24, 2.45) is 20.5 Å². The predicted octanol–water partition coefficient (Wildman–Crippen LogP) is 6.79. The van der Waals surface area contributed by atoms with Gasteiger partial charge in [0.15, 0.2) is 0 Å². The second kappa shape index (κ2) is 9.66. The molecule has 0 aliphatic heterocycles. The Morgan fingerprint density at radius 1 is 0.688 bits per heavy atom. The highest BCUT2D eigenvalue weighted by atomic mass is 32.2. The zero-order chi connectivity index (χ0) is 23.2. The molecule has 0 aliphatic rings. The SMILES string of the molecule is O=S(=O)(O)CNc1ccc(N=Nc2ccc(N=Nc3ccc(C(F)(F)F)cc3)cc2)cc1. The molecule has 3 rings (SSSR count). The highest BCUT2D eigenvalue weighted by molar-refractivity contribution is 7.85. The Labute approximate surface area is 181 Å². The summed E-state index contributed by atoms with van der Waals surface area (Å²) in [6, 6.07) is 17.3. The number of azo groups is 2. The van der Waals surface area contributed by atoms with Crippen molar-refractivity contribution in [3.05, 3.63) is 78.4 Å². The maximum Gasteiger partial charge on any atom is 0.416 e. The smallest absolute Gasteiger partial charge is 0.370 e. The third kappa shape index (κ3) is 7.25. The normalized spacial score (nSPS) is 12.5. The van der Waals surface area contributed by atoms with Crippen molar-refractivity contribution in [2.75, 3.05) is 11.2 Å². The van der Waals surface area contributed by atoms with Crippen LogP contribution in [0.5, 0.6) is 0 Å². The first-order valence-electron chi connectivity index (χ1n) is 8.98. The largest absolute Gasteiger partial charge is 0.416 e. The first kappa shape index (κ1) is 23.0. The van der Waals surface area contributed by atoms with Gasteiger partial charge in [0.1, 0.15) is 5.88 Å². The highest BCUT2D eigenvalue weighted by Gasteiger charge is 2.29. The number of anilines is 1. The van der Waals surface area contributed by atoms with Crippen LogP contribution in [0.2, 0.25) is 0 Å². The second-order valence-electron chi connectivity index (χ2n) is 6.41. The lowest BCUT2D eigenvalue weighted by atomic mass is 10.2. The Morgan fingerprint density at radius 3 is 1.38 bits per heavy atom. The van der Waals surface area contributed by atoms with Crippen LogP contribution in [0.1, 0.15) is 5.56 Å². The van der Waals surface area contributed by atoms with E-state index in [1.807, 2.05) is 0 Å². The number of benzene rings is 3. The Hall–Kier alpha value is -3.64. The molecule has 0 aromatic heterocycles. The monoisotopic (exact) mass is 463 g/mol. The minimum Gasteiger partial charge on any atom is -0.370 e. The third-order valence-electron chi connectivity index (χ3n) is 3.93. The van der Waals surface area contributed by atoms with E-state index in [2.05, 4.69) is 25.8 Å². The summed E-state index contributed by atoms with van der Waals surface area (Å²) in [5.41, 5.74) is 1.56. The maximum atomic E-state index is 12.6. The lowest BCUT2D eigenvalue weighted by molar-refractivity contribution is -0.137. The first-order valence-corrected chi connectivity index (χ1v) is 10.6. The van der Waals surface area contributed by atoms with Crippen LogP contribution in [0.3, 0.4) is 0 Å². The molecule has 0 fully saturated rings. The summed E-state index contributed by atoms with van der Waals surface area (Å²) in [6.07, 6.45) is -4.40. The molecule has 0 radical (unpaired) electrons. The van der Waals surface area contributed by atoms with Crippen LogP contribution >= 0.6 is 0 Å². The van der Waals surface area contributed by atoms with Gasteiger partial charge in [0, 0.05) is 5.69 Å². The van der Waals surface area contributed by atoms with Crippen molar-refractivity contribution in [1.82, 2.24) is 0 Å². The van der Waals surface area contributed by atoms with Gasteiger partial charge in [-0.05, 0) is 72.8 Å². The fourth-order valence-electron chi connectivity index (χ4n) is 2.35. The van der Waals surface area contributed by atoms with Gasteiger partial charge < -0.3 is 5.32 Å². The molecule has 0 spiro atoms. The molecule has 32 heavy (non-hydrogen) atoms. The van der Waals surface area contributed by atoms with Crippen molar-refractivity contribution in [3.8, 4) is 0 Å². The molecular formula is C20H16F3N5O3S. The Kier molecular flexibility index (Phi) is 6.95. The Morgan fingerprint density at radius 2 is 1.03 bits per heavy atom. The molecule has 0 atom stereocenters. The molecule has 0 saturated carbocycles. The first-order chi connectivity index (χ1) is 15.1. The topological polar surface area (TPSA) is 116 Å². The van der Waals surface area contributed by atoms with Crippen molar-refractivity contribution in [3.63, 3.8) is 0 Å². The molecule has 12 heteroatoms. The zero-order valence-electron chi connectivity index (χ0n) is 16.2. The van der Waals surface area contributed by atoms with Gasteiger partial charge in [-0.2, -0.15) is 42.0 Å². The van der Waals surface area contributed by atoms with Crippen molar-refractivity contribution >= 4 is 38.6 Å². The molecule has 0 amide bonds. The number of hydrogen-bond acceptors (Lipinski definition) is 7. The van der Waals surface area contributed by atoms with Gasteiger partial charge in [0.2, 0.25) is 0 Å². The van der Waals surface area contributed by atoms with Gasteiger partial charge in [-0.15, -0.1) is 0 Å². The maximum absolute atomic E-state index is 12.6. The predicted molar refractivity (Wildman–Crippen MR) is 113 cm³/mol. The fourth-order valence-corrected chi connectivity index (χ4v) is 2.70. The van der Waals surface area contributed by atoms with E-state index in [9.17, 15) is 21.6 Å². The number of rotatable bonds is 7. The molecular weight excluding hydrogens is 447 g/mol. The molecule has 0 aliphatic carbocycles. The van der Waals surface area contributed by atoms with Crippen LogP contribution in [-0.2, 0) is 16.3 Å². The van der Waals surface area contributed by atoms with E-state index < -0.39 is 27.7 Å². The van der Waals surface area contributed by atoms with Crippen LogP contribution < -0.4 is 5.32 Å². The lowest BCUT2D eigenvalue weighted by Gasteiger charge is -2.05. The molecule has 3 aromatic rings. The van der Waals surface area contributed by atoms with Crippen LogP contribution in [-0.4, -0.2) is 18.8 Å². The summed E-state index contributed by atoms with van der Waals surface area (Å²) in [5.74, 6) is -0.601. The van der Waals surface area contributed by atoms with Gasteiger partial charge >= 0.3 is 6.18 Å². The van der Waals surface area contributed by atoms with Crippen LogP contribution in [0.4, 0.5) is 41.6 Å². The number of nitrogens with one attached hydrogen (secondary N) is 1. The molecule has 0 saturated heterocycles. The van der Waals surface area contributed by atoms with Gasteiger partial charge in [-0.25, -0.2) is 0 Å². The molecule has 8 nitrogen and oxygen atoms in total. The summed E-state index contributed by atoms with van der Waals surface area (Å²) in [4.78, 5) is 0. The quantitative estimate of drug-likeness (QED) is 0.296. The average Bonchev–Trinajstić information content (AvgIpc) is 2.75. The number of hydrogen-bond donors (Lipinski definition) is 2. The van der Waals surface area contributed by atoms with E-state index in [1.165, 1.54) is 12.1 Å². The van der Waals surface area contributed by atoms with Crippen molar-refractivity contribution < 1.29 is 26.1 Å². The lowest BCUT2D eigenvalue weighted by Crippen LogP contribution is -2.12. The average molecular weight is 463 g/mol. The Bertz CT molecular complexity index is 1210. The fraction of sp³-hybridized carbons (Fsp3) is 0.100. The van der Waals surface area contributed by atoms with Crippen LogP contribution in [0.25, 0.3) is 0 Å². The number of alkyl halides is 3. The number of nitrogens with zero attached hydrogens (tertiary/aromatic N) is 4. The summed E-state index contributed by atoms with van der Waals surface area (Å²) >= 11 is 0. The minimum absolute atomic E-state index is 0.288. The van der Waals surface area contributed by atoms with Gasteiger partial charge in [0.05, 0.1) is 28.3 Å². The summed E-state index contributed by atoms with van der Waals surface area (Å²) < 4.78 is 67.9. The molecule has 166 valence electrons. The van der Waals surface area contributed by atoms with E-state index in [1.54, 1.807) is 48.5 Å². The second-order valence-corrected chi connectivity index (χ2v) is 7.86. The minimum atomic E-state index is -4.40. The third-order valence-corrected chi connectivity index (χ3v) is 4.44. The van der Waals surface area contributed by atoms with Crippen molar-refractivity contribution in [2.45, 2.75) is 6.18 Å². The van der Waals surface area contributed by atoms with E-state index in [-0.39, 0.29) is 5.69 Å². The van der Waals surface area contributed by atoms with E-state index in [0.717, 1.165) is 12.1 Å². The molecule has 0 heterocycles. The highest BCUT2D eigenvalue weighted by Crippen LogP contribution is 2.31. The zero-order valence-corrected chi connectivity index (χ0v) is 17.0. The van der Waals surface area contributed by atoms with Crippen LogP contribution in [0.15, 0.2) is 93.3 Å². The molecule has 2 N–H and O–H groups in total. The molecule has 3 aromatic carbocycles. The number of halogens is 3. The van der Waals surface area contributed by atoms with E-state index >= 15 is 0 Å². The molecule has 0 unspecified atom stereocenters. The molecule has 0 bridgehead atoms. The summed E-state index contributed by atoms with van der Waals surface area (Å²) in [7, 11) is -4.12. The van der Waals surface area contributed by atoms with Gasteiger partial charge in [0.25, 0.3) is 10.1 Å². The van der Waals surface area contributed by atoms with Gasteiger partial charge in [-0.3, -0.25) is 4.55 Å². The standard InChI is InChI=1S/C20H16F3N5O3S/c21-20(22,23)14-1-3-16(4-2-14)25-27-18-9-11-19(12-10-18)28-26-17-7-5-15(6-8-17)24-13-32(29,30)31/h1-12,24H,13H2,(H,29,30,31). The summed E-state index contributed by atoms with van der Waals surface area (Å²) in [6.45, 7) is 0. The van der Waals surface area contributed by atoms with E-state index in [0.29, 0.717) is 22.7 Å². The van der Waals surface area contributed by atoms with Crippen molar-refractivity contribution in [1.29, 1.82) is 0 Å². The van der Waals surface area contributed by atoms with Gasteiger partial charge in [-0.1, -0.05) is 0 Å².